The summed E-state index contributed by atoms with van der Waals surface area (Å²) < 4.78 is 54.2. The van der Waals surface area contributed by atoms with E-state index in [1.54, 1.807) is 12.1 Å². The molecule has 1 fully saturated rings. The first-order chi connectivity index (χ1) is 14.5. The van der Waals surface area contributed by atoms with Gasteiger partial charge in [0.2, 0.25) is 10.0 Å². The van der Waals surface area contributed by atoms with Crippen LogP contribution in [0.15, 0.2) is 58.3 Å². The van der Waals surface area contributed by atoms with Crippen LogP contribution in [0.5, 0.6) is 0 Å². The number of nitrogens with zero attached hydrogens (tertiary/aromatic N) is 2. The largest absolute Gasteiger partial charge is 0.370 e. The molecule has 170 valence electrons. The lowest BCUT2D eigenvalue weighted by Gasteiger charge is -2.36. The maximum absolute atomic E-state index is 13.0. The molecule has 0 saturated heterocycles. The summed E-state index contributed by atoms with van der Waals surface area (Å²) in [5.74, 6) is 0.734. The van der Waals surface area contributed by atoms with Gasteiger partial charge in [-0.15, -0.1) is 0 Å². The number of sulfonamides is 2. The predicted octanol–water partition coefficient (Wildman–Crippen LogP) is 3.75. The van der Waals surface area contributed by atoms with Crippen molar-refractivity contribution in [2.45, 2.75) is 48.4 Å². The minimum absolute atomic E-state index is 0.00848. The van der Waals surface area contributed by atoms with Gasteiger partial charge in [-0.2, -0.15) is 0 Å². The van der Waals surface area contributed by atoms with Gasteiger partial charge in [0.25, 0.3) is 10.0 Å². The minimum Gasteiger partial charge on any atom is -0.370 e. The van der Waals surface area contributed by atoms with Crippen molar-refractivity contribution in [2.75, 3.05) is 30.8 Å². The van der Waals surface area contributed by atoms with E-state index in [0.717, 1.165) is 28.8 Å². The molecule has 9 heteroatoms. The van der Waals surface area contributed by atoms with E-state index in [1.165, 1.54) is 51.2 Å². The van der Waals surface area contributed by atoms with Crippen molar-refractivity contribution in [1.29, 1.82) is 0 Å². The number of rotatable bonds is 7. The standard InChI is InChI=1S/C22H31N3O4S2/c1-17-9-11-18(12-10-17)25(4)22-8-6-5-7-21(22)23-30(26,27)19-13-15-20(16-14-19)31(28,29)24(2)3/h5-8,13-18,23H,9-12H2,1-4H3. The number of anilines is 2. The van der Waals surface area contributed by atoms with Crippen LogP contribution < -0.4 is 9.62 Å². The smallest absolute Gasteiger partial charge is 0.261 e. The van der Waals surface area contributed by atoms with Crippen molar-refractivity contribution in [1.82, 2.24) is 4.31 Å². The highest BCUT2D eigenvalue weighted by atomic mass is 32.2. The molecule has 1 N–H and O–H groups in total. The van der Waals surface area contributed by atoms with E-state index in [9.17, 15) is 16.8 Å². The van der Waals surface area contributed by atoms with Crippen molar-refractivity contribution < 1.29 is 16.8 Å². The molecule has 3 rings (SSSR count). The second-order valence-corrected chi connectivity index (χ2v) is 12.2. The Labute approximate surface area is 186 Å². The van der Waals surface area contributed by atoms with Crippen LogP contribution in [0, 0.1) is 5.92 Å². The molecule has 0 unspecified atom stereocenters. The van der Waals surface area contributed by atoms with E-state index in [-0.39, 0.29) is 9.79 Å². The summed E-state index contributed by atoms with van der Waals surface area (Å²) in [6.07, 6.45) is 4.51. The number of para-hydroxylation sites is 2. The van der Waals surface area contributed by atoms with Crippen LogP contribution in [-0.2, 0) is 20.0 Å². The second kappa shape index (κ2) is 9.18. The van der Waals surface area contributed by atoms with Gasteiger partial charge < -0.3 is 4.90 Å². The average Bonchev–Trinajstić information content (AvgIpc) is 2.74. The summed E-state index contributed by atoms with van der Waals surface area (Å²) >= 11 is 0. The Kier molecular flexibility index (Phi) is 6.98. The Morgan fingerprint density at radius 1 is 0.806 bits per heavy atom. The van der Waals surface area contributed by atoms with Crippen LogP contribution in [0.25, 0.3) is 0 Å². The van der Waals surface area contributed by atoms with Gasteiger partial charge in [0.1, 0.15) is 0 Å². The van der Waals surface area contributed by atoms with Crippen molar-refractivity contribution >= 4 is 31.4 Å². The van der Waals surface area contributed by atoms with Gasteiger partial charge in [0.15, 0.2) is 0 Å². The highest BCUT2D eigenvalue weighted by molar-refractivity contribution is 7.92. The Hall–Kier alpha value is -2.10. The van der Waals surface area contributed by atoms with Crippen molar-refractivity contribution in [3.8, 4) is 0 Å². The second-order valence-electron chi connectivity index (χ2n) is 8.41. The van der Waals surface area contributed by atoms with E-state index in [2.05, 4.69) is 16.5 Å². The molecule has 1 aliphatic carbocycles. The molecule has 0 atom stereocenters. The monoisotopic (exact) mass is 465 g/mol. The summed E-state index contributed by atoms with van der Waals surface area (Å²) in [7, 11) is -2.62. The molecular formula is C22H31N3O4S2. The summed E-state index contributed by atoms with van der Waals surface area (Å²) in [6.45, 7) is 2.27. The molecule has 0 spiro atoms. The van der Waals surface area contributed by atoms with E-state index in [1.807, 2.05) is 19.2 Å². The molecular weight excluding hydrogens is 434 g/mol. The first-order valence-electron chi connectivity index (χ1n) is 10.4. The number of nitrogens with one attached hydrogen (secondary N) is 1. The fourth-order valence-electron chi connectivity index (χ4n) is 3.90. The third-order valence-corrected chi connectivity index (χ3v) is 9.18. The van der Waals surface area contributed by atoms with Gasteiger partial charge in [0, 0.05) is 27.2 Å². The van der Waals surface area contributed by atoms with Crippen LogP contribution in [-0.4, -0.2) is 48.3 Å². The molecule has 0 heterocycles. The van der Waals surface area contributed by atoms with Crippen LogP contribution >= 0.6 is 0 Å². The zero-order valence-corrected chi connectivity index (χ0v) is 20.1. The zero-order chi connectivity index (χ0) is 22.8. The van der Waals surface area contributed by atoms with Crippen LogP contribution in [0.2, 0.25) is 0 Å². The van der Waals surface area contributed by atoms with E-state index >= 15 is 0 Å². The van der Waals surface area contributed by atoms with Gasteiger partial charge in [-0.1, -0.05) is 19.1 Å². The molecule has 1 saturated carbocycles. The molecule has 1 aliphatic rings. The maximum atomic E-state index is 13.0. The zero-order valence-electron chi connectivity index (χ0n) is 18.4. The van der Waals surface area contributed by atoms with E-state index in [0.29, 0.717) is 11.7 Å². The third-order valence-electron chi connectivity index (χ3n) is 5.97. The van der Waals surface area contributed by atoms with Gasteiger partial charge in [-0.25, -0.2) is 21.1 Å². The molecule has 2 aromatic rings. The highest BCUT2D eigenvalue weighted by Gasteiger charge is 2.25. The lowest BCUT2D eigenvalue weighted by molar-refractivity contribution is 0.341. The first kappa shape index (κ1) is 23.6. The Balaban J connectivity index is 1.84. The lowest BCUT2D eigenvalue weighted by atomic mass is 9.86. The first-order valence-corrected chi connectivity index (χ1v) is 13.3. The normalized spacial score (nSPS) is 19.9. The summed E-state index contributed by atoms with van der Waals surface area (Å²) in [5, 5.41) is 0. The van der Waals surface area contributed by atoms with Crippen LogP contribution in [0.4, 0.5) is 11.4 Å². The lowest BCUT2D eigenvalue weighted by Crippen LogP contribution is -2.35. The number of hydrogen-bond acceptors (Lipinski definition) is 5. The molecule has 31 heavy (non-hydrogen) atoms. The topological polar surface area (TPSA) is 86.8 Å². The van der Waals surface area contributed by atoms with Crippen LogP contribution in [0.3, 0.4) is 0 Å². The van der Waals surface area contributed by atoms with E-state index in [4.69, 9.17) is 0 Å². The van der Waals surface area contributed by atoms with E-state index < -0.39 is 20.0 Å². The fourth-order valence-corrected chi connectivity index (χ4v) is 5.88. The SMILES string of the molecule is CC1CCC(N(C)c2ccccc2NS(=O)(=O)c2ccc(S(=O)(=O)N(C)C)cc2)CC1. The van der Waals surface area contributed by atoms with Crippen molar-refractivity contribution in [2.24, 2.45) is 5.92 Å². The Morgan fingerprint density at radius 3 is 1.94 bits per heavy atom. The molecule has 7 nitrogen and oxygen atoms in total. The predicted molar refractivity (Wildman–Crippen MR) is 124 cm³/mol. The number of hydrogen-bond donors (Lipinski definition) is 1. The number of benzene rings is 2. The fraction of sp³-hybridized carbons (Fsp3) is 0.455. The molecule has 2 aromatic carbocycles. The van der Waals surface area contributed by atoms with Crippen molar-refractivity contribution in [3.63, 3.8) is 0 Å². The third kappa shape index (κ3) is 5.22. The molecule has 0 aromatic heterocycles. The minimum atomic E-state index is -3.88. The van der Waals surface area contributed by atoms with Crippen molar-refractivity contribution in [3.05, 3.63) is 48.5 Å². The highest BCUT2D eigenvalue weighted by Crippen LogP contribution is 2.34. The average molecular weight is 466 g/mol. The summed E-state index contributed by atoms with van der Waals surface area (Å²) in [6, 6.07) is 13.0. The summed E-state index contributed by atoms with van der Waals surface area (Å²) in [4.78, 5) is 2.22. The van der Waals surface area contributed by atoms with Gasteiger partial charge >= 0.3 is 0 Å². The maximum Gasteiger partial charge on any atom is 0.261 e. The molecule has 0 aliphatic heterocycles. The molecule has 0 amide bonds. The van der Waals surface area contributed by atoms with Crippen LogP contribution in [0.1, 0.15) is 32.6 Å². The summed E-state index contributed by atoms with van der Waals surface area (Å²) in [5.41, 5.74) is 1.34. The Morgan fingerprint density at radius 2 is 1.35 bits per heavy atom. The van der Waals surface area contributed by atoms with Gasteiger partial charge in [-0.05, 0) is 68.0 Å². The van der Waals surface area contributed by atoms with Gasteiger partial charge in [-0.3, -0.25) is 4.72 Å². The van der Waals surface area contributed by atoms with Gasteiger partial charge in [0.05, 0.1) is 21.2 Å². The molecule has 0 bridgehead atoms. The quantitative estimate of drug-likeness (QED) is 0.673. The molecule has 0 radical (unpaired) electrons. The Bertz CT molecular complexity index is 1110.